The molecule has 0 heterocycles. The minimum absolute atomic E-state index is 0.0325. The summed E-state index contributed by atoms with van der Waals surface area (Å²) in [7, 11) is 1.17. The number of phosphoric ester groups is 1. The van der Waals surface area contributed by atoms with E-state index in [0.29, 0.717) is 17.4 Å². The van der Waals surface area contributed by atoms with Gasteiger partial charge in [0, 0.05) is 12.8 Å². The smallest absolute Gasteiger partial charge is 0.306 e. The third kappa shape index (κ3) is 75.7. The molecule has 2 atom stereocenters. The number of phosphoric acid groups is 1. The average molecular weight is 1310 g/mol. The van der Waals surface area contributed by atoms with Crippen LogP contribution >= 0.6 is 7.82 Å². The molecule has 2 unspecified atom stereocenters. The van der Waals surface area contributed by atoms with Gasteiger partial charge in [0.15, 0.2) is 6.10 Å². The van der Waals surface area contributed by atoms with Gasteiger partial charge >= 0.3 is 11.9 Å². The van der Waals surface area contributed by atoms with Gasteiger partial charge in [-0.1, -0.05) is 348 Å². The summed E-state index contributed by atoms with van der Waals surface area (Å²) in [4.78, 5) is 38.2. The summed E-state index contributed by atoms with van der Waals surface area (Å²) in [5, 5.41) is 0. The third-order valence-corrected chi connectivity index (χ3v) is 17.8. The van der Waals surface area contributed by atoms with Crippen molar-refractivity contribution in [2.45, 2.75) is 354 Å². The predicted octanol–water partition coefficient (Wildman–Crippen LogP) is 25.0. The Bertz CT molecular complexity index is 1920. The third-order valence-electron chi connectivity index (χ3n) is 16.8. The molecule has 0 rings (SSSR count). The maximum atomic E-state index is 12.9. The number of carbonyl (C=O) groups is 2. The molecule has 0 saturated carbocycles. The van der Waals surface area contributed by atoms with E-state index >= 15 is 0 Å². The van der Waals surface area contributed by atoms with Crippen LogP contribution < -0.4 is 4.89 Å². The molecule has 0 aliphatic rings. The first-order valence-corrected chi connectivity index (χ1v) is 40.1. The Morgan fingerprint density at radius 2 is 0.587 bits per heavy atom. The molecule has 0 amide bonds. The zero-order valence-corrected chi connectivity index (χ0v) is 61.6. The molecular formula is C82H146NO8P. The number of ether oxygens (including phenoxy) is 2. The molecule has 0 fully saturated rings. The van der Waals surface area contributed by atoms with Crippen molar-refractivity contribution >= 4 is 19.8 Å². The van der Waals surface area contributed by atoms with Gasteiger partial charge in [-0.15, -0.1) is 0 Å². The van der Waals surface area contributed by atoms with E-state index in [1.807, 2.05) is 21.1 Å². The van der Waals surface area contributed by atoms with Crippen molar-refractivity contribution in [2.24, 2.45) is 0 Å². The number of hydrogen-bond acceptors (Lipinski definition) is 8. The molecule has 10 heteroatoms. The molecule has 0 saturated heterocycles. The van der Waals surface area contributed by atoms with Crippen LogP contribution in [0.15, 0.2) is 109 Å². The van der Waals surface area contributed by atoms with E-state index in [1.54, 1.807) is 0 Å². The first-order chi connectivity index (χ1) is 45.0. The maximum absolute atomic E-state index is 12.9. The second-order valence-corrected chi connectivity index (χ2v) is 28.4. The first-order valence-electron chi connectivity index (χ1n) is 38.6. The summed E-state index contributed by atoms with van der Waals surface area (Å²) >= 11 is 0. The Labute approximate surface area is 569 Å². The minimum Gasteiger partial charge on any atom is -0.756 e. The van der Waals surface area contributed by atoms with Crippen LogP contribution in [0.3, 0.4) is 0 Å². The number of rotatable bonds is 71. The Hall–Kier alpha value is -3.33. The van der Waals surface area contributed by atoms with E-state index in [-0.39, 0.29) is 32.0 Å². The summed E-state index contributed by atoms with van der Waals surface area (Å²) in [5.41, 5.74) is 0. The van der Waals surface area contributed by atoms with Crippen molar-refractivity contribution in [3.8, 4) is 0 Å². The Kier molecular flexibility index (Phi) is 69.3. The van der Waals surface area contributed by atoms with Gasteiger partial charge in [-0.2, -0.15) is 0 Å². The second kappa shape index (κ2) is 72.0. The highest BCUT2D eigenvalue weighted by molar-refractivity contribution is 7.45. The fourth-order valence-corrected chi connectivity index (χ4v) is 11.7. The van der Waals surface area contributed by atoms with Crippen molar-refractivity contribution in [1.29, 1.82) is 0 Å². The van der Waals surface area contributed by atoms with Crippen LogP contribution in [-0.2, 0) is 32.7 Å². The highest BCUT2D eigenvalue weighted by Crippen LogP contribution is 2.38. The lowest BCUT2D eigenvalue weighted by molar-refractivity contribution is -0.870. The summed E-state index contributed by atoms with van der Waals surface area (Å²) in [6.07, 6.45) is 102. The zero-order valence-electron chi connectivity index (χ0n) is 60.7. The van der Waals surface area contributed by atoms with Crippen LogP contribution in [0.2, 0.25) is 0 Å². The van der Waals surface area contributed by atoms with Crippen molar-refractivity contribution < 1.29 is 42.1 Å². The number of esters is 2. The van der Waals surface area contributed by atoms with Crippen molar-refractivity contribution in [2.75, 3.05) is 47.5 Å². The van der Waals surface area contributed by atoms with Gasteiger partial charge in [0.05, 0.1) is 27.7 Å². The number of carbonyl (C=O) groups excluding carboxylic acids is 2. The molecule has 0 aromatic rings. The topological polar surface area (TPSA) is 111 Å². The molecule has 0 aromatic carbocycles. The van der Waals surface area contributed by atoms with E-state index in [4.69, 9.17) is 18.5 Å². The van der Waals surface area contributed by atoms with E-state index in [0.717, 1.165) is 96.3 Å². The largest absolute Gasteiger partial charge is 0.756 e. The molecule has 0 aromatic heterocycles. The molecule has 0 bridgehead atoms. The molecule has 0 radical (unpaired) electrons. The Balaban J connectivity index is 3.94. The number of quaternary nitrogens is 1. The first kappa shape index (κ1) is 88.7. The van der Waals surface area contributed by atoms with Crippen LogP contribution in [-0.4, -0.2) is 70.0 Å². The Morgan fingerprint density at radius 3 is 0.870 bits per heavy atom. The van der Waals surface area contributed by atoms with Crippen LogP contribution in [0.25, 0.3) is 0 Å². The highest BCUT2D eigenvalue weighted by atomic mass is 31.2. The fraction of sp³-hybridized carbons (Fsp3) is 0.756. The van der Waals surface area contributed by atoms with Crippen molar-refractivity contribution in [3.05, 3.63) is 109 Å². The fourth-order valence-electron chi connectivity index (χ4n) is 11.0. The number of unbranched alkanes of at least 4 members (excludes halogenated alkanes) is 39. The van der Waals surface area contributed by atoms with Gasteiger partial charge in [0.25, 0.3) is 7.82 Å². The van der Waals surface area contributed by atoms with E-state index in [2.05, 4.69) is 123 Å². The van der Waals surface area contributed by atoms with E-state index < -0.39 is 26.5 Å². The summed E-state index contributed by atoms with van der Waals surface area (Å²) in [6, 6.07) is 0. The zero-order chi connectivity index (χ0) is 66.9. The lowest BCUT2D eigenvalue weighted by atomic mass is 10.0. The molecule has 0 aliphatic carbocycles. The van der Waals surface area contributed by atoms with Gasteiger partial charge in [0.2, 0.25) is 0 Å². The van der Waals surface area contributed by atoms with E-state index in [1.165, 1.54) is 218 Å². The molecule has 0 spiro atoms. The summed E-state index contributed by atoms with van der Waals surface area (Å²) in [6.45, 7) is 4.05. The van der Waals surface area contributed by atoms with Gasteiger partial charge in [-0.3, -0.25) is 14.2 Å². The lowest BCUT2D eigenvalue weighted by Gasteiger charge is -2.28. The lowest BCUT2D eigenvalue weighted by Crippen LogP contribution is -2.37. The molecule has 9 nitrogen and oxygen atoms in total. The average Bonchev–Trinajstić information content (AvgIpc) is 2.14. The molecule has 532 valence electrons. The molecule has 92 heavy (non-hydrogen) atoms. The normalized spacial score (nSPS) is 13.7. The van der Waals surface area contributed by atoms with Crippen molar-refractivity contribution in [3.63, 3.8) is 0 Å². The maximum Gasteiger partial charge on any atom is 0.306 e. The molecule has 0 aliphatic heterocycles. The monoisotopic (exact) mass is 1300 g/mol. The number of allylic oxidation sites excluding steroid dienone is 18. The van der Waals surface area contributed by atoms with Crippen LogP contribution in [0.4, 0.5) is 0 Å². The number of hydrogen-bond donors (Lipinski definition) is 0. The number of nitrogens with zero attached hydrogens (tertiary/aromatic N) is 1. The molecule has 0 N–H and O–H groups in total. The minimum atomic E-state index is -4.65. The second-order valence-electron chi connectivity index (χ2n) is 27.0. The quantitative estimate of drug-likeness (QED) is 0.0195. The van der Waals surface area contributed by atoms with Crippen LogP contribution in [0.1, 0.15) is 348 Å². The van der Waals surface area contributed by atoms with E-state index in [9.17, 15) is 19.0 Å². The summed E-state index contributed by atoms with van der Waals surface area (Å²) < 4.78 is 34.4. The number of likely N-dealkylation sites (N-methyl/N-ethyl adjacent to an activating group) is 1. The SMILES string of the molecule is CC/C=C\C/C=C\C/C=C\C/C=C\C/C=C\CCCCCCCCCCCCCCCC(=O)OC(COC(=O)CCCCCCCCCCCCCCCCCCCCCCCCCCCC/C=C\C/C=C\C/C=C\C/C=C\CC)COP(=O)([O-])OCC[N+](C)(C)C. The van der Waals surface area contributed by atoms with Gasteiger partial charge < -0.3 is 27.9 Å². The van der Waals surface area contributed by atoms with Crippen LogP contribution in [0, 0.1) is 0 Å². The van der Waals surface area contributed by atoms with Crippen molar-refractivity contribution in [1.82, 2.24) is 0 Å². The van der Waals surface area contributed by atoms with Gasteiger partial charge in [0.1, 0.15) is 19.8 Å². The standard InChI is InChI=1S/C82H146NO8P/c1-6-8-10-12-14-16-18-20-22-24-26-28-30-32-34-36-37-38-39-40-41-42-43-44-45-47-48-50-52-54-56-58-60-62-64-66-68-70-72-74-81(84)88-78-80(79-90-92(86,87)89-77-76-83(3,4)5)91-82(85)75-73-71-69-67-65-63-61-59-57-55-53-51-49-46-35-33-31-29-27-25-23-21-19-17-15-13-11-9-7-2/h8-11,14-17,20-23,26-29,33,35,80H,6-7,12-13,18-19,24-25,30-32,34,36-79H2,1-5H3/b10-8-,11-9-,16-14-,17-15-,22-20-,23-21-,28-26-,29-27-,35-33-. The van der Waals surface area contributed by atoms with Crippen LogP contribution in [0.5, 0.6) is 0 Å². The van der Waals surface area contributed by atoms with Gasteiger partial charge in [-0.25, -0.2) is 0 Å². The predicted molar refractivity (Wildman–Crippen MR) is 397 cm³/mol. The highest BCUT2D eigenvalue weighted by Gasteiger charge is 2.22. The summed E-state index contributed by atoms with van der Waals surface area (Å²) in [5.74, 6) is -0.822. The van der Waals surface area contributed by atoms with Gasteiger partial charge in [-0.05, 0) is 96.3 Å². The molecular weight excluding hydrogens is 1160 g/mol. The Morgan fingerprint density at radius 1 is 0.337 bits per heavy atom.